The molecule has 3 nitrogen and oxygen atoms in total. The van der Waals surface area contributed by atoms with Crippen LogP contribution in [0.1, 0.15) is 44.6 Å². The fourth-order valence-electron chi connectivity index (χ4n) is 7.27. The summed E-state index contributed by atoms with van der Waals surface area (Å²) in [6.45, 7) is 5.90. The summed E-state index contributed by atoms with van der Waals surface area (Å²) in [7, 11) is 0. The molecular weight excluding hydrogens is 342 g/mol. The van der Waals surface area contributed by atoms with Gasteiger partial charge in [0.15, 0.2) is 11.5 Å². The number of aromatic hydroxyl groups is 1. The zero-order chi connectivity index (χ0) is 17.9. The van der Waals surface area contributed by atoms with Crippen LogP contribution in [-0.2, 0) is 5.41 Å². The highest BCUT2D eigenvalue weighted by Crippen LogP contribution is 2.71. The van der Waals surface area contributed by atoms with Crippen LogP contribution in [0, 0.1) is 17.3 Å². The number of rotatable bonds is 4. The lowest BCUT2D eigenvalue weighted by molar-refractivity contribution is -0.172. The number of ether oxygens (including phenoxy) is 1. The molecule has 26 heavy (non-hydrogen) atoms. The van der Waals surface area contributed by atoms with Gasteiger partial charge in [-0.1, -0.05) is 19.1 Å². The standard InChI is InChI=1S/C22H31NO2S/c1-3-10-23-11-9-22-17-5-4-6-18(24)19(17)25-20(22)15-7-8-21(22,14-23)16(12-15)13-26-2/h4-6,15-16,20,24H,3,7-14H2,1-2H3. The van der Waals surface area contributed by atoms with Crippen molar-refractivity contribution >= 4 is 11.8 Å². The lowest BCUT2D eigenvalue weighted by Gasteiger charge is -2.68. The van der Waals surface area contributed by atoms with Crippen LogP contribution in [-0.4, -0.2) is 47.8 Å². The molecule has 3 aliphatic carbocycles. The maximum atomic E-state index is 10.5. The van der Waals surface area contributed by atoms with E-state index in [1.165, 1.54) is 63.1 Å². The van der Waals surface area contributed by atoms with Crippen molar-refractivity contribution in [2.24, 2.45) is 17.3 Å². The smallest absolute Gasteiger partial charge is 0.165 e. The van der Waals surface area contributed by atoms with Crippen molar-refractivity contribution in [3.05, 3.63) is 23.8 Å². The molecule has 1 N–H and O–H groups in total. The van der Waals surface area contributed by atoms with Gasteiger partial charge in [0.1, 0.15) is 6.10 Å². The van der Waals surface area contributed by atoms with Gasteiger partial charge in [-0.15, -0.1) is 0 Å². The number of thioether (sulfide) groups is 1. The van der Waals surface area contributed by atoms with E-state index in [2.05, 4.69) is 24.1 Å². The van der Waals surface area contributed by atoms with Crippen molar-refractivity contribution in [1.29, 1.82) is 0 Å². The number of para-hydroxylation sites is 1. The molecule has 2 bridgehead atoms. The normalized spacial score (nSPS) is 40.6. The fourth-order valence-corrected chi connectivity index (χ4v) is 8.13. The SMILES string of the molecule is CCCN1CCC23c4cccc(O)c4OC2C2CCC3(C1)C(CSC)C2. The molecule has 2 spiro atoms. The van der Waals surface area contributed by atoms with E-state index in [1.54, 1.807) is 6.07 Å². The quantitative estimate of drug-likeness (QED) is 0.854. The van der Waals surface area contributed by atoms with E-state index in [1.807, 2.05) is 17.8 Å². The van der Waals surface area contributed by atoms with E-state index < -0.39 is 0 Å². The van der Waals surface area contributed by atoms with Gasteiger partial charge in [0.05, 0.1) is 0 Å². The highest BCUT2D eigenvalue weighted by Gasteiger charge is 2.72. The highest BCUT2D eigenvalue weighted by molar-refractivity contribution is 7.98. The van der Waals surface area contributed by atoms with Crippen LogP contribution in [0.2, 0.25) is 0 Å². The summed E-state index contributed by atoms with van der Waals surface area (Å²) in [4.78, 5) is 2.72. The topological polar surface area (TPSA) is 32.7 Å². The van der Waals surface area contributed by atoms with Crippen LogP contribution in [0.15, 0.2) is 18.2 Å². The Morgan fingerprint density at radius 2 is 2.23 bits per heavy atom. The third kappa shape index (κ3) is 2.01. The second kappa shape index (κ2) is 6.07. The second-order valence-corrected chi connectivity index (χ2v) is 9.94. The number of phenolic OH excluding ortho intramolecular Hbond substituents is 1. The second-order valence-electron chi connectivity index (χ2n) is 9.03. The number of piperidine rings is 1. The summed E-state index contributed by atoms with van der Waals surface area (Å²) in [6, 6.07) is 6.10. The van der Waals surface area contributed by atoms with Gasteiger partial charge < -0.3 is 14.7 Å². The summed E-state index contributed by atoms with van der Waals surface area (Å²) in [5.41, 5.74) is 1.75. The molecule has 5 aliphatic rings. The van der Waals surface area contributed by atoms with E-state index >= 15 is 0 Å². The zero-order valence-electron chi connectivity index (χ0n) is 16.0. The molecule has 0 amide bonds. The number of hydrogen-bond donors (Lipinski definition) is 1. The first-order valence-electron chi connectivity index (χ1n) is 10.4. The fraction of sp³-hybridized carbons (Fsp3) is 0.727. The minimum Gasteiger partial charge on any atom is -0.504 e. The highest BCUT2D eigenvalue weighted by atomic mass is 32.2. The predicted octanol–water partition coefficient (Wildman–Crippen LogP) is 4.29. The van der Waals surface area contributed by atoms with Crippen molar-refractivity contribution < 1.29 is 9.84 Å². The van der Waals surface area contributed by atoms with E-state index in [0.717, 1.165) is 11.7 Å². The molecule has 5 unspecified atom stereocenters. The zero-order valence-corrected chi connectivity index (χ0v) is 16.9. The Balaban J connectivity index is 1.68. The van der Waals surface area contributed by atoms with Crippen molar-refractivity contribution in [2.75, 3.05) is 31.6 Å². The van der Waals surface area contributed by atoms with Gasteiger partial charge in [-0.05, 0) is 75.1 Å². The van der Waals surface area contributed by atoms with E-state index in [9.17, 15) is 5.11 Å². The summed E-state index contributed by atoms with van der Waals surface area (Å²) in [5.74, 6) is 3.84. The lowest BCUT2D eigenvalue weighted by atomic mass is 9.39. The van der Waals surface area contributed by atoms with Gasteiger partial charge in [0.2, 0.25) is 0 Å². The minimum absolute atomic E-state index is 0.118. The van der Waals surface area contributed by atoms with Crippen molar-refractivity contribution in [1.82, 2.24) is 4.90 Å². The average Bonchev–Trinajstić information content (AvgIpc) is 3.00. The van der Waals surface area contributed by atoms with E-state index in [4.69, 9.17) is 4.74 Å². The monoisotopic (exact) mass is 373 g/mol. The Hall–Kier alpha value is -0.870. The summed E-state index contributed by atoms with van der Waals surface area (Å²) in [6.07, 6.45) is 8.90. The van der Waals surface area contributed by atoms with Gasteiger partial charge in [-0.3, -0.25) is 0 Å². The maximum Gasteiger partial charge on any atom is 0.165 e. The number of phenols is 1. The van der Waals surface area contributed by atoms with Gasteiger partial charge in [-0.25, -0.2) is 0 Å². The number of fused-ring (bicyclic) bond motifs is 3. The molecule has 4 fully saturated rings. The maximum absolute atomic E-state index is 10.5. The third-order valence-electron chi connectivity index (χ3n) is 8.09. The molecule has 6 rings (SSSR count). The third-order valence-corrected chi connectivity index (χ3v) is 8.82. The molecule has 5 atom stereocenters. The number of nitrogens with zero attached hydrogens (tertiary/aromatic N) is 1. The van der Waals surface area contributed by atoms with E-state index in [-0.39, 0.29) is 11.5 Å². The van der Waals surface area contributed by atoms with Crippen molar-refractivity contribution in [3.63, 3.8) is 0 Å². The molecule has 4 heteroatoms. The Labute approximate surface area is 161 Å². The molecule has 3 saturated carbocycles. The molecular formula is C22H31NO2S. The molecule has 1 saturated heterocycles. The number of benzene rings is 1. The van der Waals surface area contributed by atoms with Crippen LogP contribution >= 0.6 is 11.8 Å². The Morgan fingerprint density at radius 3 is 3.04 bits per heavy atom. The Bertz CT molecular complexity index is 709. The van der Waals surface area contributed by atoms with Crippen LogP contribution in [0.5, 0.6) is 11.5 Å². The van der Waals surface area contributed by atoms with Crippen LogP contribution in [0.3, 0.4) is 0 Å². The number of hydrogen-bond acceptors (Lipinski definition) is 4. The van der Waals surface area contributed by atoms with Crippen molar-refractivity contribution in [3.8, 4) is 11.5 Å². The van der Waals surface area contributed by atoms with Crippen molar-refractivity contribution in [2.45, 2.75) is 50.5 Å². The van der Waals surface area contributed by atoms with Gasteiger partial charge in [0, 0.05) is 22.9 Å². The summed E-state index contributed by atoms with van der Waals surface area (Å²) < 4.78 is 6.58. The molecule has 2 aliphatic heterocycles. The predicted molar refractivity (Wildman–Crippen MR) is 107 cm³/mol. The molecule has 142 valence electrons. The minimum atomic E-state index is 0.118. The Morgan fingerprint density at radius 1 is 1.35 bits per heavy atom. The summed E-state index contributed by atoms with van der Waals surface area (Å²) in [5, 5.41) is 10.5. The average molecular weight is 374 g/mol. The first-order valence-corrected chi connectivity index (χ1v) is 11.8. The van der Waals surface area contributed by atoms with Crippen LogP contribution in [0.25, 0.3) is 0 Å². The van der Waals surface area contributed by atoms with Gasteiger partial charge >= 0.3 is 0 Å². The largest absolute Gasteiger partial charge is 0.504 e. The van der Waals surface area contributed by atoms with Crippen LogP contribution < -0.4 is 4.74 Å². The first kappa shape index (κ1) is 17.2. The first-order chi connectivity index (χ1) is 12.7. The van der Waals surface area contributed by atoms with Crippen LogP contribution in [0.4, 0.5) is 0 Å². The van der Waals surface area contributed by atoms with Gasteiger partial charge in [-0.2, -0.15) is 11.8 Å². The molecule has 0 aromatic heterocycles. The van der Waals surface area contributed by atoms with E-state index in [0.29, 0.717) is 17.1 Å². The molecule has 1 aromatic rings. The van der Waals surface area contributed by atoms with Gasteiger partial charge in [0.25, 0.3) is 0 Å². The molecule has 1 aromatic carbocycles. The molecule has 2 heterocycles. The lowest BCUT2D eigenvalue weighted by Crippen LogP contribution is -2.72. The Kier molecular flexibility index (Phi) is 4.02. The molecule has 0 radical (unpaired) electrons. The summed E-state index contributed by atoms with van der Waals surface area (Å²) >= 11 is 2.02. The number of likely N-dealkylation sites (tertiary alicyclic amines) is 1.